The molecule has 13 heteroatoms. The van der Waals surface area contributed by atoms with E-state index < -0.39 is 37.5 Å². The molecule has 3 aliphatic heterocycles. The summed E-state index contributed by atoms with van der Waals surface area (Å²) < 4.78 is 76.1. The number of anilines is 1. The van der Waals surface area contributed by atoms with Crippen molar-refractivity contribution in [1.29, 1.82) is 0 Å². The second-order valence-corrected chi connectivity index (χ2v) is 16.0. The average Bonchev–Trinajstić information content (AvgIpc) is 3.09. The van der Waals surface area contributed by atoms with E-state index in [9.17, 15) is 17.4 Å². The molecule has 3 aromatic rings. The molecule has 3 fully saturated rings. The van der Waals surface area contributed by atoms with Crippen LogP contribution in [0.25, 0.3) is 10.9 Å². The van der Waals surface area contributed by atoms with Crippen LogP contribution >= 0.6 is 0 Å². The maximum absolute atomic E-state index is 15.3. The Morgan fingerprint density at radius 3 is 2.06 bits per heavy atom. The Kier molecular flexibility index (Phi) is 10.6. The van der Waals surface area contributed by atoms with E-state index in [2.05, 4.69) is 26.6 Å². The molecule has 2 aromatic carbocycles. The number of fused-ring (bicyclic) bond motifs is 1. The second-order valence-electron chi connectivity index (χ2n) is 12.7. The van der Waals surface area contributed by atoms with Crippen LogP contribution in [0.4, 0.5) is 14.5 Å². The molecule has 0 amide bonds. The smallest absolute Gasteiger partial charge is 0.213 e. The number of piperidine rings is 2. The van der Waals surface area contributed by atoms with Crippen LogP contribution in [0.5, 0.6) is 5.75 Å². The third-order valence-electron chi connectivity index (χ3n) is 10.2. The topological polar surface area (TPSA) is 92.3 Å². The highest BCUT2D eigenvalue weighted by Crippen LogP contribution is 2.40. The van der Waals surface area contributed by atoms with E-state index in [4.69, 9.17) is 4.74 Å². The highest BCUT2D eigenvalue weighted by Gasteiger charge is 2.35. The fraction of sp³-hybridized carbons (Fsp3) is 0.559. The molecular weight excluding hydrogens is 645 g/mol. The minimum atomic E-state index is -4.55. The summed E-state index contributed by atoms with van der Waals surface area (Å²) in [5, 5.41) is 0.520. The number of piperazine rings is 1. The van der Waals surface area contributed by atoms with Crippen LogP contribution in [0, 0.1) is 11.6 Å². The lowest BCUT2D eigenvalue weighted by molar-refractivity contribution is 0.0384. The number of hydrogen-bond donors (Lipinski definition) is 0. The Bertz CT molecular complexity index is 1670. The number of sulfone groups is 1. The molecule has 0 spiro atoms. The molecule has 47 heavy (non-hydrogen) atoms. The van der Waals surface area contributed by atoms with Crippen LogP contribution in [0.2, 0.25) is 0 Å². The molecule has 1 unspecified atom stereocenters. The number of ether oxygens (including phenoxy) is 1. The lowest BCUT2D eigenvalue weighted by atomic mass is 9.99. The van der Waals surface area contributed by atoms with Gasteiger partial charge in [0.2, 0.25) is 15.7 Å². The van der Waals surface area contributed by atoms with Gasteiger partial charge < -0.3 is 19.1 Å². The predicted molar refractivity (Wildman–Crippen MR) is 181 cm³/mol. The Balaban J connectivity index is 1.25. The minimum Gasteiger partial charge on any atom is -0.612 e. The summed E-state index contributed by atoms with van der Waals surface area (Å²) >= 11 is -1.32. The summed E-state index contributed by atoms with van der Waals surface area (Å²) in [6.45, 7) is 12.8. The minimum absolute atomic E-state index is 0.104. The van der Waals surface area contributed by atoms with Crippen LogP contribution in [-0.4, -0.2) is 117 Å². The Morgan fingerprint density at radius 2 is 1.49 bits per heavy atom. The van der Waals surface area contributed by atoms with E-state index in [1.165, 1.54) is 32.1 Å². The number of pyridine rings is 1. The van der Waals surface area contributed by atoms with Gasteiger partial charge in [-0.1, -0.05) is 6.92 Å². The summed E-state index contributed by atoms with van der Waals surface area (Å²) in [7, 11) is -4.55. The first-order valence-corrected chi connectivity index (χ1v) is 19.7. The van der Waals surface area contributed by atoms with Crippen LogP contribution in [-0.2, 0) is 21.0 Å². The number of halogens is 2. The molecule has 0 bridgehead atoms. The van der Waals surface area contributed by atoms with Gasteiger partial charge in [-0.25, -0.2) is 12.8 Å². The number of nitrogens with zero attached hydrogens (tertiary/aromatic N) is 5. The maximum atomic E-state index is 15.3. The van der Waals surface area contributed by atoms with E-state index >= 15 is 4.39 Å². The van der Waals surface area contributed by atoms with Gasteiger partial charge in [0.05, 0.1) is 17.8 Å². The van der Waals surface area contributed by atoms with Crippen molar-refractivity contribution in [3.8, 4) is 5.75 Å². The van der Waals surface area contributed by atoms with Crippen molar-refractivity contribution in [3.63, 3.8) is 0 Å². The molecule has 4 heterocycles. The van der Waals surface area contributed by atoms with Gasteiger partial charge in [0.1, 0.15) is 16.0 Å². The average molecular weight is 690 g/mol. The van der Waals surface area contributed by atoms with Crippen molar-refractivity contribution in [2.45, 2.75) is 66.3 Å². The number of hydrogen-bond acceptors (Lipinski definition) is 9. The number of aromatic nitrogens is 1. The van der Waals surface area contributed by atoms with Crippen molar-refractivity contribution in [3.05, 3.63) is 48.2 Å². The van der Waals surface area contributed by atoms with Crippen molar-refractivity contribution < 1.29 is 26.5 Å². The van der Waals surface area contributed by atoms with Crippen molar-refractivity contribution >= 4 is 37.6 Å². The highest BCUT2D eigenvalue weighted by molar-refractivity contribution is 7.91. The molecule has 0 saturated carbocycles. The zero-order chi connectivity index (χ0) is 33.3. The summed E-state index contributed by atoms with van der Waals surface area (Å²) in [6, 6.07) is 8.37. The van der Waals surface area contributed by atoms with Crippen molar-refractivity contribution in [2.24, 2.45) is 0 Å². The van der Waals surface area contributed by atoms with Crippen LogP contribution < -0.4 is 9.64 Å². The van der Waals surface area contributed by atoms with Gasteiger partial charge in [0.15, 0.2) is 16.5 Å². The van der Waals surface area contributed by atoms with Crippen LogP contribution in [0.15, 0.2) is 51.2 Å². The van der Waals surface area contributed by atoms with Gasteiger partial charge in [0.25, 0.3) is 0 Å². The summed E-state index contributed by atoms with van der Waals surface area (Å²) in [5.41, 5.74) is 0.923. The van der Waals surface area contributed by atoms with Gasteiger partial charge in [-0.15, -0.1) is 0 Å². The summed E-state index contributed by atoms with van der Waals surface area (Å²) in [5.74, 6) is -3.18. The Labute approximate surface area is 280 Å². The van der Waals surface area contributed by atoms with Gasteiger partial charge in [-0.3, -0.25) is 14.8 Å². The normalized spacial score (nSPS) is 20.6. The maximum Gasteiger partial charge on any atom is 0.213 e. The van der Waals surface area contributed by atoms with E-state index in [0.717, 1.165) is 57.7 Å². The first-order chi connectivity index (χ1) is 22.6. The third kappa shape index (κ3) is 6.98. The molecule has 0 N–H and O–H groups in total. The number of benzene rings is 2. The van der Waals surface area contributed by atoms with E-state index in [1.807, 2.05) is 4.90 Å². The Hall–Kier alpha value is -2.55. The molecule has 256 valence electrons. The van der Waals surface area contributed by atoms with Crippen molar-refractivity contribution in [1.82, 2.24) is 19.7 Å². The van der Waals surface area contributed by atoms with Gasteiger partial charge >= 0.3 is 0 Å². The summed E-state index contributed by atoms with van der Waals surface area (Å²) in [4.78, 5) is 13.8. The SMILES string of the molecule is CCOc1ccc(S(=O)(=O)c2cnc3ccc([S+](C)[O-])cc3c2N2CCC(N3CCN(C4CCN(CC)CC4)CC3)CC2)c(F)c1F. The first-order valence-electron chi connectivity index (χ1n) is 16.7. The first kappa shape index (κ1) is 34.3. The molecule has 0 aliphatic carbocycles. The van der Waals surface area contributed by atoms with Crippen LogP contribution in [0.3, 0.4) is 0 Å². The van der Waals surface area contributed by atoms with Gasteiger partial charge in [0, 0.05) is 69.0 Å². The molecule has 1 aromatic heterocycles. The Morgan fingerprint density at radius 1 is 0.872 bits per heavy atom. The second kappa shape index (κ2) is 14.5. The molecule has 6 rings (SSSR count). The zero-order valence-corrected chi connectivity index (χ0v) is 29.1. The standard InChI is InChI=1S/C34H45F2N5O4S2/c1-4-38-14-10-24(11-15-38)39-18-20-40(21-19-39)25-12-16-41(17-13-25)34-27-22-26(46(3)42)6-7-28(27)37-23-31(34)47(43,44)30-9-8-29(45-5-2)32(35)33(30)36/h6-9,22-25H,4-5,10-21H2,1-3H3. The number of likely N-dealkylation sites (tertiary alicyclic amines) is 1. The highest BCUT2D eigenvalue weighted by atomic mass is 32.2. The predicted octanol–water partition coefficient (Wildman–Crippen LogP) is 4.55. The molecule has 9 nitrogen and oxygen atoms in total. The lowest BCUT2D eigenvalue weighted by Crippen LogP contribution is -2.56. The third-order valence-corrected chi connectivity index (χ3v) is 12.9. The van der Waals surface area contributed by atoms with Crippen molar-refractivity contribution in [2.75, 3.05) is 76.7 Å². The largest absolute Gasteiger partial charge is 0.612 e. The number of rotatable bonds is 9. The lowest BCUT2D eigenvalue weighted by Gasteiger charge is -2.46. The quantitative estimate of drug-likeness (QED) is 0.300. The van der Waals surface area contributed by atoms with E-state index in [-0.39, 0.29) is 17.3 Å². The molecule has 3 aliphatic rings. The van der Waals surface area contributed by atoms with E-state index in [1.54, 1.807) is 31.4 Å². The van der Waals surface area contributed by atoms with E-state index in [0.29, 0.717) is 46.7 Å². The molecule has 3 saturated heterocycles. The fourth-order valence-corrected chi connectivity index (χ4v) is 9.51. The van der Waals surface area contributed by atoms with Gasteiger partial charge in [-0.2, -0.15) is 4.39 Å². The zero-order valence-electron chi connectivity index (χ0n) is 27.5. The molecule has 1 atom stereocenters. The monoisotopic (exact) mass is 689 g/mol. The van der Waals surface area contributed by atoms with Crippen LogP contribution in [0.1, 0.15) is 39.5 Å². The summed E-state index contributed by atoms with van der Waals surface area (Å²) in [6.07, 6.45) is 6.94. The fourth-order valence-electron chi connectivity index (χ4n) is 7.47. The van der Waals surface area contributed by atoms with Gasteiger partial charge in [-0.05, 0) is 87.7 Å². The molecule has 0 radical (unpaired) electrons. The molecular formula is C34H45F2N5O4S2.